The molecule has 3 heteroatoms. The maximum atomic E-state index is 4.95. The van der Waals surface area contributed by atoms with Gasteiger partial charge in [0.15, 0.2) is 17.5 Å². The van der Waals surface area contributed by atoms with Crippen molar-refractivity contribution in [3.63, 3.8) is 0 Å². The van der Waals surface area contributed by atoms with Crippen molar-refractivity contribution in [1.82, 2.24) is 15.0 Å². The number of hydrogen-bond donors (Lipinski definition) is 0. The van der Waals surface area contributed by atoms with Crippen LogP contribution in [0, 0.1) is 0 Å². The van der Waals surface area contributed by atoms with Crippen molar-refractivity contribution in [2.45, 2.75) is 0 Å². The van der Waals surface area contributed by atoms with Crippen molar-refractivity contribution in [2.24, 2.45) is 0 Å². The van der Waals surface area contributed by atoms with Crippen molar-refractivity contribution in [3.8, 4) is 45.3 Å². The van der Waals surface area contributed by atoms with Gasteiger partial charge in [-0.05, 0) is 38.7 Å². The summed E-state index contributed by atoms with van der Waals surface area (Å²) in [7, 11) is 0. The maximum Gasteiger partial charge on any atom is 0.164 e. The minimum atomic E-state index is 0.659. The van der Waals surface area contributed by atoms with Crippen LogP contribution in [0.3, 0.4) is 0 Å². The molecular weight excluding hydrogens is 462 g/mol. The molecule has 7 aromatic rings. The van der Waals surface area contributed by atoms with Gasteiger partial charge in [0.2, 0.25) is 0 Å². The normalized spacial score (nSPS) is 11.2. The molecule has 0 aliphatic heterocycles. The van der Waals surface area contributed by atoms with Gasteiger partial charge in [-0.15, -0.1) is 0 Å². The Morgan fingerprint density at radius 1 is 0.289 bits per heavy atom. The van der Waals surface area contributed by atoms with E-state index in [1.54, 1.807) is 0 Å². The molecule has 0 spiro atoms. The lowest BCUT2D eigenvalue weighted by molar-refractivity contribution is 1.07. The van der Waals surface area contributed by atoms with Crippen LogP contribution in [0.1, 0.15) is 0 Å². The molecule has 178 valence electrons. The van der Waals surface area contributed by atoms with Gasteiger partial charge in [0.05, 0.1) is 0 Å². The van der Waals surface area contributed by atoms with Gasteiger partial charge in [-0.3, -0.25) is 0 Å². The van der Waals surface area contributed by atoms with Crippen molar-refractivity contribution in [1.29, 1.82) is 0 Å². The summed E-state index contributed by atoms with van der Waals surface area (Å²) in [5.74, 6) is 1.99. The first-order valence-corrected chi connectivity index (χ1v) is 12.7. The molecule has 0 saturated carbocycles. The SMILES string of the molecule is c1ccc(-c2ccc(-c3nc(-c4ccccc4)nc(-c4ccc5c(ccc6ccccc65)c4)n3)cc2)cc1. The van der Waals surface area contributed by atoms with Gasteiger partial charge in [-0.25, -0.2) is 15.0 Å². The number of fused-ring (bicyclic) bond motifs is 3. The minimum Gasteiger partial charge on any atom is -0.208 e. The van der Waals surface area contributed by atoms with E-state index in [1.165, 1.54) is 21.7 Å². The topological polar surface area (TPSA) is 38.7 Å². The molecule has 0 fully saturated rings. The van der Waals surface area contributed by atoms with Crippen molar-refractivity contribution >= 4 is 21.5 Å². The van der Waals surface area contributed by atoms with Crippen LogP contribution in [0.2, 0.25) is 0 Å². The van der Waals surface area contributed by atoms with Crippen molar-refractivity contribution in [2.75, 3.05) is 0 Å². The molecule has 1 aromatic heterocycles. The molecule has 0 saturated heterocycles. The van der Waals surface area contributed by atoms with Gasteiger partial charge in [-0.2, -0.15) is 0 Å². The highest BCUT2D eigenvalue weighted by molar-refractivity contribution is 6.08. The largest absolute Gasteiger partial charge is 0.208 e. The Hall–Kier alpha value is -5.15. The first kappa shape index (κ1) is 22.1. The lowest BCUT2D eigenvalue weighted by atomic mass is 10.00. The number of nitrogens with zero attached hydrogens (tertiary/aromatic N) is 3. The van der Waals surface area contributed by atoms with Crippen molar-refractivity contribution < 1.29 is 0 Å². The van der Waals surface area contributed by atoms with Gasteiger partial charge < -0.3 is 0 Å². The first-order chi connectivity index (χ1) is 18.8. The fraction of sp³-hybridized carbons (Fsp3) is 0. The fourth-order valence-electron chi connectivity index (χ4n) is 4.94. The molecule has 0 N–H and O–H groups in total. The Balaban J connectivity index is 1.36. The average molecular weight is 486 g/mol. The second-order valence-electron chi connectivity index (χ2n) is 9.34. The monoisotopic (exact) mass is 485 g/mol. The zero-order valence-corrected chi connectivity index (χ0v) is 20.6. The lowest BCUT2D eigenvalue weighted by Crippen LogP contribution is -2.00. The van der Waals surface area contributed by atoms with E-state index in [2.05, 4.69) is 103 Å². The smallest absolute Gasteiger partial charge is 0.164 e. The van der Waals surface area contributed by atoms with Crippen LogP contribution >= 0.6 is 0 Å². The summed E-state index contributed by atoms with van der Waals surface area (Å²) in [4.78, 5) is 14.7. The molecule has 0 unspecified atom stereocenters. The van der Waals surface area contributed by atoms with E-state index in [0.717, 1.165) is 27.6 Å². The van der Waals surface area contributed by atoms with Crippen LogP contribution in [0.4, 0.5) is 0 Å². The van der Waals surface area contributed by atoms with Gasteiger partial charge in [0, 0.05) is 16.7 Å². The van der Waals surface area contributed by atoms with Gasteiger partial charge in [0.25, 0.3) is 0 Å². The van der Waals surface area contributed by atoms with Crippen molar-refractivity contribution in [3.05, 3.63) is 140 Å². The van der Waals surface area contributed by atoms with E-state index >= 15 is 0 Å². The molecule has 0 atom stereocenters. The second kappa shape index (κ2) is 9.38. The van der Waals surface area contributed by atoms with Crippen LogP contribution in [-0.2, 0) is 0 Å². The average Bonchev–Trinajstić information content (AvgIpc) is 3.01. The van der Waals surface area contributed by atoms with E-state index in [0.29, 0.717) is 17.5 Å². The highest BCUT2D eigenvalue weighted by atomic mass is 15.0. The Labute approximate surface area is 221 Å². The summed E-state index contributed by atoms with van der Waals surface area (Å²) >= 11 is 0. The third-order valence-electron chi connectivity index (χ3n) is 6.92. The molecule has 0 bridgehead atoms. The van der Waals surface area contributed by atoms with E-state index in [4.69, 9.17) is 15.0 Å². The predicted octanol–water partition coefficient (Wildman–Crippen LogP) is 8.85. The maximum absolute atomic E-state index is 4.95. The number of hydrogen-bond acceptors (Lipinski definition) is 3. The first-order valence-electron chi connectivity index (χ1n) is 12.7. The number of aromatic nitrogens is 3. The van der Waals surface area contributed by atoms with E-state index in [9.17, 15) is 0 Å². The molecule has 38 heavy (non-hydrogen) atoms. The van der Waals surface area contributed by atoms with Crippen LogP contribution in [0.25, 0.3) is 66.8 Å². The molecule has 1 heterocycles. The summed E-state index contributed by atoms with van der Waals surface area (Å²) < 4.78 is 0. The van der Waals surface area contributed by atoms with Crippen LogP contribution in [0.5, 0.6) is 0 Å². The Morgan fingerprint density at radius 2 is 0.737 bits per heavy atom. The third-order valence-corrected chi connectivity index (χ3v) is 6.92. The van der Waals surface area contributed by atoms with Crippen LogP contribution in [-0.4, -0.2) is 15.0 Å². The van der Waals surface area contributed by atoms with E-state index in [-0.39, 0.29) is 0 Å². The standard InChI is InChI=1S/C35H23N3/c1-3-9-24(10-4-1)25-15-18-28(19-16-25)34-36-33(27-12-5-2-6-13-27)37-35(38-34)30-21-22-32-29(23-30)20-17-26-11-7-8-14-31(26)32/h1-23H. The second-order valence-corrected chi connectivity index (χ2v) is 9.34. The number of rotatable bonds is 4. The molecule has 0 radical (unpaired) electrons. The zero-order chi connectivity index (χ0) is 25.3. The Kier molecular flexibility index (Phi) is 5.45. The lowest BCUT2D eigenvalue weighted by Gasteiger charge is -2.10. The fourth-order valence-corrected chi connectivity index (χ4v) is 4.94. The molecule has 0 aliphatic rings. The highest BCUT2D eigenvalue weighted by Crippen LogP contribution is 2.31. The Bertz CT molecular complexity index is 1890. The summed E-state index contributed by atoms with van der Waals surface area (Å²) in [5, 5.41) is 4.87. The predicted molar refractivity (Wildman–Crippen MR) is 157 cm³/mol. The van der Waals surface area contributed by atoms with Crippen LogP contribution in [0.15, 0.2) is 140 Å². The van der Waals surface area contributed by atoms with E-state index in [1.807, 2.05) is 36.4 Å². The molecule has 3 nitrogen and oxygen atoms in total. The van der Waals surface area contributed by atoms with Gasteiger partial charge >= 0.3 is 0 Å². The molecule has 0 aliphatic carbocycles. The zero-order valence-electron chi connectivity index (χ0n) is 20.6. The highest BCUT2D eigenvalue weighted by Gasteiger charge is 2.13. The molecule has 0 amide bonds. The quantitative estimate of drug-likeness (QED) is 0.234. The Morgan fingerprint density at radius 3 is 1.45 bits per heavy atom. The van der Waals surface area contributed by atoms with E-state index < -0.39 is 0 Å². The summed E-state index contributed by atoms with van der Waals surface area (Å²) in [6.45, 7) is 0. The summed E-state index contributed by atoms with van der Waals surface area (Å²) in [6.07, 6.45) is 0. The molecule has 6 aromatic carbocycles. The van der Waals surface area contributed by atoms with Gasteiger partial charge in [0.1, 0.15) is 0 Å². The minimum absolute atomic E-state index is 0.659. The van der Waals surface area contributed by atoms with Gasteiger partial charge in [-0.1, -0.05) is 133 Å². The van der Waals surface area contributed by atoms with Crippen LogP contribution < -0.4 is 0 Å². The third kappa shape index (κ3) is 4.10. The molecule has 7 rings (SSSR count). The summed E-state index contributed by atoms with van der Waals surface area (Å²) in [6, 6.07) is 48.2. The molecular formula is C35H23N3. The number of benzene rings is 6. The summed E-state index contributed by atoms with van der Waals surface area (Å²) in [5.41, 5.74) is 5.23.